The highest BCUT2D eigenvalue weighted by Gasteiger charge is 2.11. The van der Waals surface area contributed by atoms with Gasteiger partial charge in [-0.1, -0.05) is 25.1 Å². The molecule has 0 aliphatic rings. The third-order valence-corrected chi connectivity index (χ3v) is 3.31. The van der Waals surface area contributed by atoms with E-state index >= 15 is 0 Å². The first kappa shape index (κ1) is 15.4. The summed E-state index contributed by atoms with van der Waals surface area (Å²) in [7, 11) is 2.05. The van der Waals surface area contributed by atoms with Crippen LogP contribution in [0.3, 0.4) is 0 Å². The van der Waals surface area contributed by atoms with Crippen molar-refractivity contribution in [2.45, 2.75) is 39.7 Å². The second kappa shape index (κ2) is 6.17. The smallest absolute Gasteiger partial charge is 0.135 e. The monoisotopic (exact) mass is 283 g/mol. The van der Waals surface area contributed by atoms with Crippen molar-refractivity contribution in [1.29, 1.82) is 0 Å². The molecular weight excluding hydrogens is 258 g/mol. The van der Waals surface area contributed by atoms with Crippen LogP contribution in [-0.2, 0) is 6.42 Å². The van der Waals surface area contributed by atoms with E-state index in [0.717, 1.165) is 23.7 Å². The van der Waals surface area contributed by atoms with Crippen molar-refractivity contribution in [1.82, 2.24) is 4.98 Å². The van der Waals surface area contributed by atoms with E-state index in [1.807, 2.05) is 25.2 Å². The summed E-state index contributed by atoms with van der Waals surface area (Å²) in [5, 5.41) is 3.41. The number of hydrogen-bond acceptors (Lipinski definition) is 3. The minimum atomic E-state index is 0.00691. The van der Waals surface area contributed by atoms with Gasteiger partial charge in [0.2, 0.25) is 0 Å². The lowest BCUT2D eigenvalue weighted by atomic mass is 10.1. The Morgan fingerprint density at radius 3 is 2.29 bits per heavy atom. The van der Waals surface area contributed by atoms with E-state index in [-0.39, 0.29) is 5.54 Å². The minimum Gasteiger partial charge on any atom is -0.365 e. The van der Waals surface area contributed by atoms with Crippen LogP contribution in [0.15, 0.2) is 42.5 Å². The molecule has 0 spiro atoms. The van der Waals surface area contributed by atoms with E-state index in [1.54, 1.807) is 0 Å². The Kier molecular flexibility index (Phi) is 4.51. The van der Waals surface area contributed by atoms with E-state index in [0.29, 0.717) is 0 Å². The quantitative estimate of drug-likeness (QED) is 0.887. The zero-order valence-electron chi connectivity index (χ0n) is 13.6. The van der Waals surface area contributed by atoms with Gasteiger partial charge in [0.15, 0.2) is 0 Å². The topological polar surface area (TPSA) is 28.2 Å². The van der Waals surface area contributed by atoms with Crippen molar-refractivity contribution < 1.29 is 0 Å². The minimum absolute atomic E-state index is 0.00691. The van der Waals surface area contributed by atoms with Crippen LogP contribution in [0.2, 0.25) is 0 Å². The maximum atomic E-state index is 4.69. The zero-order valence-corrected chi connectivity index (χ0v) is 13.6. The molecule has 2 rings (SSSR count). The van der Waals surface area contributed by atoms with Crippen molar-refractivity contribution in [3.63, 3.8) is 0 Å². The summed E-state index contributed by atoms with van der Waals surface area (Å²) in [5.41, 5.74) is 2.50. The van der Waals surface area contributed by atoms with Crippen LogP contribution in [0.25, 0.3) is 0 Å². The Balaban J connectivity index is 2.22. The molecule has 1 N–H and O–H groups in total. The zero-order chi connectivity index (χ0) is 15.5. The average Bonchev–Trinajstić information content (AvgIpc) is 2.45. The molecule has 0 bridgehead atoms. The molecule has 112 valence electrons. The summed E-state index contributed by atoms with van der Waals surface area (Å²) in [5.74, 6) is 1.84. The van der Waals surface area contributed by atoms with Crippen LogP contribution in [0.4, 0.5) is 17.3 Å². The van der Waals surface area contributed by atoms with Crippen LogP contribution >= 0.6 is 0 Å². The van der Waals surface area contributed by atoms with Gasteiger partial charge in [0.1, 0.15) is 11.6 Å². The van der Waals surface area contributed by atoms with Crippen molar-refractivity contribution in [2.24, 2.45) is 0 Å². The van der Waals surface area contributed by atoms with E-state index in [2.05, 4.69) is 62.2 Å². The molecule has 3 heteroatoms. The predicted molar refractivity (Wildman–Crippen MR) is 91.5 cm³/mol. The molecule has 2 aromatic rings. The van der Waals surface area contributed by atoms with Gasteiger partial charge < -0.3 is 10.2 Å². The normalized spacial score (nSPS) is 11.3. The van der Waals surface area contributed by atoms with E-state index < -0.39 is 0 Å². The van der Waals surface area contributed by atoms with Gasteiger partial charge >= 0.3 is 0 Å². The molecule has 0 saturated carbocycles. The number of nitrogens with zero attached hydrogens (tertiary/aromatic N) is 2. The number of aryl methyl sites for hydroxylation is 1. The third-order valence-electron chi connectivity index (χ3n) is 3.31. The fraction of sp³-hybridized carbons (Fsp3) is 0.389. The van der Waals surface area contributed by atoms with Crippen LogP contribution < -0.4 is 10.2 Å². The summed E-state index contributed by atoms with van der Waals surface area (Å²) >= 11 is 0. The third kappa shape index (κ3) is 4.22. The molecule has 0 atom stereocenters. The standard InChI is InChI=1S/C18H25N3/c1-6-14-10-12-15(13-11-14)21(5)17-9-7-8-16(19-17)20-18(2,3)4/h7-13H,6H2,1-5H3,(H,19,20). The summed E-state index contributed by atoms with van der Waals surface area (Å²) in [4.78, 5) is 6.80. The maximum Gasteiger partial charge on any atom is 0.135 e. The van der Waals surface area contributed by atoms with Gasteiger partial charge in [-0.2, -0.15) is 0 Å². The highest BCUT2D eigenvalue weighted by atomic mass is 15.2. The Bertz CT molecular complexity index is 582. The molecule has 0 radical (unpaired) electrons. The fourth-order valence-electron chi connectivity index (χ4n) is 2.15. The molecule has 0 aliphatic carbocycles. The van der Waals surface area contributed by atoms with Gasteiger partial charge in [-0.25, -0.2) is 4.98 Å². The molecule has 3 nitrogen and oxygen atoms in total. The molecule has 0 aliphatic heterocycles. The van der Waals surface area contributed by atoms with E-state index in [4.69, 9.17) is 4.98 Å². The largest absolute Gasteiger partial charge is 0.365 e. The number of rotatable bonds is 4. The first-order valence-corrected chi connectivity index (χ1v) is 7.47. The molecule has 0 saturated heterocycles. The molecule has 0 fully saturated rings. The Morgan fingerprint density at radius 2 is 1.71 bits per heavy atom. The SMILES string of the molecule is CCc1ccc(N(C)c2cccc(NC(C)(C)C)n2)cc1. The van der Waals surface area contributed by atoms with Gasteiger partial charge in [-0.15, -0.1) is 0 Å². The molecule has 1 aromatic carbocycles. The summed E-state index contributed by atoms with van der Waals surface area (Å²) in [6, 6.07) is 14.7. The van der Waals surface area contributed by atoms with Crippen molar-refractivity contribution in [3.05, 3.63) is 48.0 Å². The summed E-state index contributed by atoms with van der Waals surface area (Å²) in [6.07, 6.45) is 1.06. The summed E-state index contributed by atoms with van der Waals surface area (Å²) < 4.78 is 0. The Hall–Kier alpha value is -2.03. The second-order valence-electron chi connectivity index (χ2n) is 6.34. The highest BCUT2D eigenvalue weighted by molar-refractivity contribution is 5.61. The number of pyridine rings is 1. The van der Waals surface area contributed by atoms with Gasteiger partial charge in [-0.05, 0) is 57.0 Å². The Labute approximate surface area is 128 Å². The molecule has 21 heavy (non-hydrogen) atoms. The second-order valence-corrected chi connectivity index (χ2v) is 6.34. The lowest BCUT2D eigenvalue weighted by molar-refractivity contribution is 0.630. The predicted octanol–water partition coefficient (Wildman–Crippen LogP) is 4.62. The van der Waals surface area contributed by atoms with E-state index in [1.165, 1.54) is 5.56 Å². The number of hydrogen-bond donors (Lipinski definition) is 1. The van der Waals surface area contributed by atoms with Crippen molar-refractivity contribution in [3.8, 4) is 0 Å². The number of aromatic nitrogens is 1. The molecule has 1 heterocycles. The van der Waals surface area contributed by atoms with E-state index in [9.17, 15) is 0 Å². The highest BCUT2D eigenvalue weighted by Crippen LogP contribution is 2.24. The van der Waals surface area contributed by atoms with Gasteiger partial charge in [0, 0.05) is 18.3 Å². The maximum absolute atomic E-state index is 4.69. The number of anilines is 3. The van der Waals surface area contributed by atoms with Crippen LogP contribution in [-0.4, -0.2) is 17.6 Å². The first-order chi connectivity index (χ1) is 9.89. The summed E-state index contributed by atoms with van der Waals surface area (Å²) in [6.45, 7) is 8.57. The average molecular weight is 283 g/mol. The number of benzene rings is 1. The van der Waals surface area contributed by atoms with Gasteiger partial charge in [0.25, 0.3) is 0 Å². The van der Waals surface area contributed by atoms with Gasteiger partial charge in [0.05, 0.1) is 0 Å². The lowest BCUT2D eigenvalue weighted by Crippen LogP contribution is -2.27. The fourth-order valence-corrected chi connectivity index (χ4v) is 2.15. The van der Waals surface area contributed by atoms with Crippen LogP contribution in [0.1, 0.15) is 33.3 Å². The molecule has 1 aromatic heterocycles. The van der Waals surface area contributed by atoms with Crippen molar-refractivity contribution >= 4 is 17.3 Å². The molecule has 0 unspecified atom stereocenters. The molecular formula is C18H25N3. The van der Waals surface area contributed by atoms with Crippen molar-refractivity contribution in [2.75, 3.05) is 17.3 Å². The lowest BCUT2D eigenvalue weighted by Gasteiger charge is -2.23. The van der Waals surface area contributed by atoms with Crippen LogP contribution in [0, 0.1) is 0 Å². The van der Waals surface area contributed by atoms with Crippen LogP contribution in [0.5, 0.6) is 0 Å². The Morgan fingerprint density at radius 1 is 1.05 bits per heavy atom. The number of nitrogens with one attached hydrogen (secondary N) is 1. The molecule has 0 amide bonds. The first-order valence-electron chi connectivity index (χ1n) is 7.47. The van der Waals surface area contributed by atoms with Gasteiger partial charge in [-0.3, -0.25) is 0 Å².